The smallest absolute Gasteiger partial charge is 0.309 e. The van der Waals surface area contributed by atoms with E-state index in [-0.39, 0.29) is 36.5 Å². The van der Waals surface area contributed by atoms with E-state index >= 15 is 0 Å². The molecular weight excluding hydrogens is 454 g/mol. The third kappa shape index (κ3) is 5.78. The van der Waals surface area contributed by atoms with E-state index in [2.05, 4.69) is 5.32 Å². The van der Waals surface area contributed by atoms with Crippen LogP contribution in [0.3, 0.4) is 0 Å². The molecule has 0 unspecified atom stereocenters. The molecule has 0 radical (unpaired) electrons. The van der Waals surface area contributed by atoms with Crippen LogP contribution in [0.1, 0.15) is 12.8 Å². The average Bonchev–Trinajstić information content (AvgIpc) is 2.75. The van der Waals surface area contributed by atoms with E-state index in [1.165, 1.54) is 34.6 Å². The molecule has 3 rings (SSSR count). The SMILES string of the molecule is O=C(COC(=O)C1CCN(S(=O)(=O)c2ccc(Cl)cc2)CC1)Nc1ccc(F)c(F)c1. The van der Waals surface area contributed by atoms with Crippen molar-refractivity contribution in [2.45, 2.75) is 17.7 Å². The lowest BCUT2D eigenvalue weighted by molar-refractivity contribution is -0.152. The fourth-order valence-electron chi connectivity index (χ4n) is 3.11. The summed E-state index contributed by atoms with van der Waals surface area (Å²) >= 11 is 5.79. The Kier molecular flexibility index (Phi) is 7.24. The zero-order chi connectivity index (χ0) is 22.6. The monoisotopic (exact) mass is 472 g/mol. The lowest BCUT2D eigenvalue weighted by Crippen LogP contribution is -2.40. The maximum absolute atomic E-state index is 13.2. The number of amides is 1. The normalized spacial score (nSPS) is 15.5. The quantitative estimate of drug-likeness (QED) is 0.652. The summed E-state index contributed by atoms with van der Waals surface area (Å²) in [6, 6.07) is 8.67. The van der Waals surface area contributed by atoms with Crippen molar-refractivity contribution in [3.05, 3.63) is 59.1 Å². The van der Waals surface area contributed by atoms with E-state index in [1.807, 2.05) is 0 Å². The molecule has 1 aliphatic heterocycles. The minimum atomic E-state index is -3.69. The number of nitrogens with one attached hydrogen (secondary N) is 1. The van der Waals surface area contributed by atoms with Gasteiger partial charge >= 0.3 is 5.97 Å². The standard InChI is InChI=1S/C20H19ClF2N2O5S/c21-14-1-4-16(5-2-14)31(28,29)25-9-7-13(8-10-25)20(27)30-12-19(26)24-15-3-6-17(22)18(23)11-15/h1-6,11,13H,7-10,12H2,(H,24,26). The first-order chi connectivity index (χ1) is 14.7. The van der Waals surface area contributed by atoms with Gasteiger partial charge in [0.05, 0.1) is 10.8 Å². The minimum Gasteiger partial charge on any atom is -0.455 e. The molecule has 0 aliphatic carbocycles. The van der Waals surface area contributed by atoms with Crippen LogP contribution in [-0.2, 0) is 24.3 Å². The Balaban J connectivity index is 1.48. The topological polar surface area (TPSA) is 92.8 Å². The number of piperidine rings is 1. The highest BCUT2D eigenvalue weighted by atomic mass is 35.5. The first-order valence-corrected chi connectivity index (χ1v) is 11.2. The predicted octanol–water partition coefficient (Wildman–Crippen LogP) is 3.20. The number of sulfonamides is 1. The van der Waals surface area contributed by atoms with Crippen molar-refractivity contribution in [2.24, 2.45) is 5.92 Å². The second-order valence-corrected chi connectivity index (χ2v) is 9.29. The van der Waals surface area contributed by atoms with Crippen molar-refractivity contribution >= 4 is 39.2 Å². The van der Waals surface area contributed by atoms with Gasteiger partial charge in [-0.2, -0.15) is 4.31 Å². The van der Waals surface area contributed by atoms with E-state index in [0.29, 0.717) is 5.02 Å². The molecule has 0 atom stereocenters. The average molecular weight is 473 g/mol. The maximum atomic E-state index is 13.2. The van der Waals surface area contributed by atoms with Crippen LogP contribution >= 0.6 is 11.6 Å². The zero-order valence-corrected chi connectivity index (χ0v) is 17.8. The molecule has 0 bridgehead atoms. The summed E-state index contributed by atoms with van der Waals surface area (Å²) < 4.78 is 57.7. The molecule has 1 amide bonds. The van der Waals surface area contributed by atoms with Crippen LogP contribution < -0.4 is 5.32 Å². The van der Waals surface area contributed by atoms with Crippen molar-refractivity contribution in [3.63, 3.8) is 0 Å². The molecule has 1 saturated heterocycles. The lowest BCUT2D eigenvalue weighted by atomic mass is 9.98. The van der Waals surface area contributed by atoms with Crippen molar-refractivity contribution in [2.75, 3.05) is 25.0 Å². The molecule has 2 aromatic carbocycles. The summed E-state index contributed by atoms with van der Waals surface area (Å²) in [5.41, 5.74) is 0.0284. The number of hydrogen-bond acceptors (Lipinski definition) is 5. The molecule has 166 valence electrons. The highest BCUT2D eigenvalue weighted by molar-refractivity contribution is 7.89. The zero-order valence-electron chi connectivity index (χ0n) is 16.2. The molecule has 1 N–H and O–H groups in total. The largest absolute Gasteiger partial charge is 0.455 e. The molecule has 11 heteroatoms. The van der Waals surface area contributed by atoms with Crippen LogP contribution in [0.5, 0.6) is 0 Å². The van der Waals surface area contributed by atoms with Gasteiger partial charge in [0.25, 0.3) is 5.91 Å². The number of nitrogens with zero attached hydrogens (tertiary/aromatic N) is 1. The summed E-state index contributed by atoms with van der Waals surface area (Å²) in [5.74, 6) is -4.04. The Morgan fingerprint density at radius 3 is 2.32 bits per heavy atom. The predicted molar refractivity (Wildman–Crippen MR) is 109 cm³/mol. The van der Waals surface area contributed by atoms with E-state index < -0.39 is 46.1 Å². The maximum Gasteiger partial charge on any atom is 0.309 e. The molecule has 31 heavy (non-hydrogen) atoms. The third-order valence-electron chi connectivity index (χ3n) is 4.79. The number of ether oxygens (including phenoxy) is 1. The molecule has 0 aromatic heterocycles. The van der Waals surface area contributed by atoms with Gasteiger partial charge in [-0.05, 0) is 49.2 Å². The first-order valence-electron chi connectivity index (χ1n) is 9.34. The third-order valence-corrected chi connectivity index (χ3v) is 6.95. The van der Waals surface area contributed by atoms with Gasteiger partial charge in [-0.25, -0.2) is 17.2 Å². The Bertz CT molecular complexity index is 1070. The van der Waals surface area contributed by atoms with Crippen molar-refractivity contribution in [1.82, 2.24) is 4.31 Å². The van der Waals surface area contributed by atoms with Crippen molar-refractivity contribution in [3.8, 4) is 0 Å². The molecule has 0 saturated carbocycles. The Morgan fingerprint density at radius 2 is 1.71 bits per heavy atom. The van der Waals surface area contributed by atoms with Crippen LogP contribution in [0.4, 0.5) is 14.5 Å². The lowest BCUT2D eigenvalue weighted by Gasteiger charge is -2.30. The fraction of sp³-hybridized carbons (Fsp3) is 0.300. The summed E-state index contributed by atoms with van der Waals surface area (Å²) in [6.07, 6.45) is 0.493. The van der Waals surface area contributed by atoms with Gasteiger partial charge in [-0.3, -0.25) is 9.59 Å². The van der Waals surface area contributed by atoms with Crippen LogP contribution in [0.2, 0.25) is 5.02 Å². The molecule has 1 heterocycles. The van der Waals surface area contributed by atoms with Crippen LogP contribution in [-0.4, -0.2) is 44.3 Å². The molecule has 1 fully saturated rings. The summed E-state index contributed by atoms with van der Waals surface area (Å²) in [5, 5.41) is 2.72. The molecular formula is C20H19ClF2N2O5S. The van der Waals surface area contributed by atoms with E-state index in [4.69, 9.17) is 16.3 Å². The highest BCUT2D eigenvalue weighted by Gasteiger charge is 2.33. The number of hydrogen-bond donors (Lipinski definition) is 1. The van der Waals surface area contributed by atoms with Gasteiger partial charge in [0.1, 0.15) is 0 Å². The second-order valence-electron chi connectivity index (χ2n) is 6.92. The Morgan fingerprint density at radius 1 is 1.06 bits per heavy atom. The number of esters is 1. The number of halogens is 3. The molecule has 1 aliphatic rings. The van der Waals surface area contributed by atoms with Crippen LogP contribution in [0, 0.1) is 17.6 Å². The first kappa shape index (κ1) is 23.1. The van der Waals surface area contributed by atoms with Gasteiger partial charge < -0.3 is 10.1 Å². The van der Waals surface area contributed by atoms with E-state index in [9.17, 15) is 26.8 Å². The Labute approximate surface area is 183 Å². The number of carbonyl (C=O) groups excluding carboxylic acids is 2. The van der Waals surface area contributed by atoms with Crippen molar-refractivity contribution < 1.29 is 31.5 Å². The number of carbonyl (C=O) groups is 2. The Hall–Kier alpha value is -2.56. The molecule has 0 spiro atoms. The van der Waals surface area contributed by atoms with E-state index in [0.717, 1.165) is 12.1 Å². The van der Waals surface area contributed by atoms with Crippen LogP contribution in [0.25, 0.3) is 0 Å². The van der Waals surface area contributed by atoms with Gasteiger partial charge in [0.15, 0.2) is 18.2 Å². The second kappa shape index (κ2) is 9.71. The van der Waals surface area contributed by atoms with Gasteiger partial charge in [-0.15, -0.1) is 0 Å². The number of anilines is 1. The number of benzene rings is 2. The van der Waals surface area contributed by atoms with Gasteiger partial charge in [0, 0.05) is 29.9 Å². The fourth-order valence-corrected chi connectivity index (χ4v) is 4.71. The summed E-state index contributed by atoms with van der Waals surface area (Å²) in [7, 11) is -3.69. The summed E-state index contributed by atoms with van der Waals surface area (Å²) in [4.78, 5) is 24.2. The van der Waals surface area contributed by atoms with Gasteiger partial charge in [0.2, 0.25) is 10.0 Å². The highest BCUT2D eigenvalue weighted by Crippen LogP contribution is 2.25. The van der Waals surface area contributed by atoms with Crippen LogP contribution in [0.15, 0.2) is 47.4 Å². The molecule has 7 nitrogen and oxygen atoms in total. The number of rotatable bonds is 6. The minimum absolute atomic E-state index is 0.0284. The van der Waals surface area contributed by atoms with Crippen molar-refractivity contribution in [1.29, 1.82) is 0 Å². The van der Waals surface area contributed by atoms with Gasteiger partial charge in [-0.1, -0.05) is 11.6 Å². The molecule has 2 aromatic rings. The summed E-state index contributed by atoms with van der Waals surface area (Å²) in [6.45, 7) is -0.335. The van der Waals surface area contributed by atoms with E-state index in [1.54, 1.807) is 0 Å².